The van der Waals surface area contributed by atoms with Gasteiger partial charge in [-0.3, -0.25) is 4.79 Å². The number of phenolic OH excluding ortho intramolecular Hbond substituents is 1. The third kappa shape index (κ3) is 3.87. The van der Waals surface area contributed by atoms with Gasteiger partial charge in [0.15, 0.2) is 0 Å². The molecular weight excluding hydrogens is 318 g/mol. The van der Waals surface area contributed by atoms with Crippen LogP contribution < -0.4 is 10.2 Å². The molecule has 0 unspecified atom stereocenters. The van der Waals surface area contributed by atoms with Crippen molar-refractivity contribution in [2.24, 2.45) is 5.10 Å². The lowest BCUT2D eigenvalue weighted by Crippen LogP contribution is -2.17. The van der Waals surface area contributed by atoms with Crippen LogP contribution in [-0.2, 0) is 0 Å². The van der Waals surface area contributed by atoms with E-state index in [9.17, 15) is 9.90 Å². The molecule has 126 valence electrons. The Balaban J connectivity index is 1.71. The Bertz CT molecular complexity index is 881. The molecule has 0 radical (unpaired) electrons. The maximum atomic E-state index is 12.0. The van der Waals surface area contributed by atoms with Gasteiger partial charge in [-0.15, -0.1) is 0 Å². The van der Waals surface area contributed by atoms with E-state index in [0.717, 1.165) is 17.1 Å². The van der Waals surface area contributed by atoms with E-state index < -0.39 is 0 Å². The Morgan fingerprint density at radius 2 is 1.84 bits per heavy atom. The molecule has 2 aromatic carbocycles. The Morgan fingerprint density at radius 1 is 1.12 bits per heavy atom. The van der Waals surface area contributed by atoms with Crippen molar-refractivity contribution in [3.05, 3.63) is 78.1 Å². The molecular formula is C19H17N3O3. The van der Waals surface area contributed by atoms with Gasteiger partial charge in [0.25, 0.3) is 5.91 Å². The zero-order valence-electron chi connectivity index (χ0n) is 13.6. The zero-order valence-corrected chi connectivity index (χ0v) is 13.6. The van der Waals surface area contributed by atoms with E-state index in [4.69, 9.17) is 4.74 Å². The van der Waals surface area contributed by atoms with Crippen LogP contribution in [0.4, 0.5) is 0 Å². The first-order valence-electron chi connectivity index (χ1n) is 7.61. The van der Waals surface area contributed by atoms with Crippen molar-refractivity contribution in [1.29, 1.82) is 0 Å². The molecule has 0 fully saturated rings. The SMILES string of the molecule is COc1ccc(-n2cccc2/C=N\NC(=O)c2ccc(O)cc2)cc1. The van der Waals surface area contributed by atoms with Gasteiger partial charge in [0.05, 0.1) is 19.0 Å². The minimum absolute atomic E-state index is 0.109. The molecule has 1 heterocycles. The van der Waals surface area contributed by atoms with Gasteiger partial charge in [0.1, 0.15) is 11.5 Å². The Morgan fingerprint density at radius 3 is 2.52 bits per heavy atom. The van der Waals surface area contributed by atoms with Gasteiger partial charge >= 0.3 is 0 Å². The number of nitrogens with one attached hydrogen (secondary N) is 1. The average molecular weight is 335 g/mol. The second-order valence-corrected chi connectivity index (χ2v) is 5.25. The molecule has 3 rings (SSSR count). The minimum Gasteiger partial charge on any atom is -0.508 e. The largest absolute Gasteiger partial charge is 0.508 e. The molecule has 1 amide bonds. The molecule has 0 aliphatic heterocycles. The lowest BCUT2D eigenvalue weighted by atomic mass is 10.2. The van der Waals surface area contributed by atoms with E-state index in [1.54, 1.807) is 13.3 Å². The van der Waals surface area contributed by atoms with E-state index in [1.807, 2.05) is 47.2 Å². The monoisotopic (exact) mass is 335 g/mol. The molecule has 0 saturated heterocycles. The van der Waals surface area contributed by atoms with Crippen molar-refractivity contribution in [1.82, 2.24) is 9.99 Å². The summed E-state index contributed by atoms with van der Waals surface area (Å²) in [6.45, 7) is 0. The number of hydrogen-bond donors (Lipinski definition) is 2. The topological polar surface area (TPSA) is 75.8 Å². The molecule has 6 nitrogen and oxygen atoms in total. The van der Waals surface area contributed by atoms with Gasteiger partial charge in [0, 0.05) is 17.4 Å². The van der Waals surface area contributed by atoms with E-state index >= 15 is 0 Å². The number of carbonyl (C=O) groups excluding carboxylic acids is 1. The van der Waals surface area contributed by atoms with E-state index in [0.29, 0.717) is 5.56 Å². The Hall–Kier alpha value is -3.54. The molecule has 25 heavy (non-hydrogen) atoms. The number of methoxy groups -OCH3 is 1. The van der Waals surface area contributed by atoms with Crippen LogP contribution in [0.15, 0.2) is 72.0 Å². The first-order chi connectivity index (χ1) is 12.2. The maximum Gasteiger partial charge on any atom is 0.271 e. The van der Waals surface area contributed by atoms with Crippen molar-refractivity contribution in [3.8, 4) is 17.2 Å². The van der Waals surface area contributed by atoms with E-state index in [1.165, 1.54) is 24.3 Å². The average Bonchev–Trinajstić information content (AvgIpc) is 3.11. The molecule has 6 heteroatoms. The second-order valence-electron chi connectivity index (χ2n) is 5.25. The number of nitrogens with zero attached hydrogens (tertiary/aromatic N) is 2. The highest BCUT2D eigenvalue weighted by Gasteiger charge is 2.04. The molecule has 0 saturated carbocycles. The van der Waals surface area contributed by atoms with Crippen molar-refractivity contribution < 1.29 is 14.6 Å². The summed E-state index contributed by atoms with van der Waals surface area (Å²) >= 11 is 0. The maximum absolute atomic E-state index is 12.0. The predicted molar refractivity (Wildman–Crippen MR) is 95.5 cm³/mol. The minimum atomic E-state index is -0.348. The highest BCUT2D eigenvalue weighted by molar-refractivity contribution is 5.94. The summed E-state index contributed by atoms with van der Waals surface area (Å²) in [7, 11) is 1.62. The van der Waals surface area contributed by atoms with Gasteiger partial charge in [0.2, 0.25) is 0 Å². The van der Waals surface area contributed by atoms with Crippen LogP contribution in [0.2, 0.25) is 0 Å². The van der Waals surface area contributed by atoms with Crippen LogP contribution >= 0.6 is 0 Å². The number of ether oxygens (including phenoxy) is 1. The van der Waals surface area contributed by atoms with Crippen molar-refractivity contribution in [2.75, 3.05) is 7.11 Å². The quantitative estimate of drug-likeness (QED) is 0.556. The molecule has 3 aromatic rings. The summed E-state index contributed by atoms with van der Waals surface area (Å²) in [6.07, 6.45) is 3.48. The number of hydrogen-bond acceptors (Lipinski definition) is 4. The summed E-state index contributed by atoms with van der Waals surface area (Å²) in [4.78, 5) is 12.0. The van der Waals surface area contributed by atoms with Crippen LogP contribution in [0, 0.1) is 0 Å². The standard InChI is InChI=1S/C19H17N3O3/c1-25-18-10-6-15(7-11-18)22-12-2-3-16(22)13-20-21-19(24)14-4-8-17(23)9-5-14/h2-13,23H,1H3,(H,21,24)/b20-13-. The summed E-state index contributed by atoms with van der Waals surface area (Å²) < 4.78 is 7.10. The molecule has 0 atom stereocenters. The third-order valence-electron chi connectivity index (χ3n) is 3.62. The zero-order chi connectivity index (χ0) is 17.6. The number of hydrazone groups is 1. The summed E-state index contributed by atoms with van der Waals surface area (Å²) in [6, 6.07) is 17.4. The van der Waals surface area contributed by atoms with Crippen molar-refractivity contribution in [2.45, 2.75) is 0 Å². The lowest BCUT2D eigenvalue weighted by molar-refractivity contribution is 0.0955. The number of aromatic hydroxyl groups is 1. The fourth-order valence-corrected chi connectivity index (χ4v) is 2.31. The highest BCUT2D eigenvalue weighted by atomic mass is 16.5. The van der Waals surface area contributed by atoms with Crippen LogP contribution in [0.5, 0.6) is 11.5 Å². The molecule has 0 spiro atoms. The van der Waals surface area contributed by atoms with E-state index in [2.05, 4.69) is 10.5 Å². The first kappa shape index (κ1) is 16.3. The van der Waals surface area contributed by atoms with Gasteiger partial charge in [-0.25, -0.2) is 5.43 Å². The number of aromatic nitrogens is 1. The second kappa shape index (κ2) is 7.35. The van der Waals surface area contributed by atoms with Gasteiger partial charge in [-0.2, -0.15) is 5.10 Å². The number of carbonyl (C=O) groups is 1. The number of benzene rings is 2. The van der Waals surface area contributed by atoms with Crippen molar-refractivity contribution in [3.63, 3.8) is 0 Å². The third-order valence-corrected chi connectivity index (χ3v) is 3.62. The van der Waals surface area contributed by atoms with Crippen LogP contribution in [0.1, 0.15) is 16.1 Å². The van der Waals surface area contributed by atoms with Crippen LogP contribution in [0.25, 0.3) is 5.69 Å². The highest BCUT2D eigenvalue weighted by Crippen LogP contribution is 2.16. The van der Waals surface area contributed by atoms with Gasteiger partial charge in [-0.1, -0.05) is 0 Å². The smallest absolute Gasteiger partial charge is 0.271 e. The molecule has 0 aliphatic carbocycles. The number of rotatable bonds is 5. The molecule has 0 bridgehead atoms. The van der Waals surface area contributed by atoms with Gasteiger partial charge < -0.3 is 14.4 Å². The summed E-state index contributed by atoms with van der Waals surface area (Å²) in [5.41, 5.74) is 4.66. The summed E-state index contributed by atoms with van der Waals surface area (Å²) in [5, 5.41) is 13.2. The predicted octanol–water partition coefficient (Wildman–Crippen LogP) is 2.96. The van der Waals surface area contributed by atoms with E-state index in [-0.39, 0.29) is 11.7 Å². The Labute approximate surface area is 145 Å². The lowest BCUT2D eigenvalue weighted by Gasteiger charge is -2.07. The van der Waals surface area contributed by atoms with Gasteiger partial charge in [-0.05, 0) is 60.7 Å². The van der Waals surface area contributed by atoms with Crippen molar-refractivity contribution >= 4 is 12.1 Å². The Kier molecular flexibility index (Phi) is 4.80. The normalized spacial score (nSPS) is 10.8. The van der Waals surface area contributed by atoms with Crippen LogP contribution in [0.3, 0.4) is 0 Å². The number of phenols is 1. The summed E-state index contributed by atoms with van der Waals surface area (Å²) in [5.74, 6) is 0.545. The fraction of sp³-hybridized carbons (Fsp3) is 0.0526. The molecule has 1 aromatic heterocycles. The molecule has 0 aliphatic rings. The molecule has 2 N–H and O–H groups in total. The fourth-order valence-electron chi connectivity index (χ4n) is 2.31. The first-order valence-corrected chi connectivity index (χ1v) is 7.61. The number of amides is 1. The van der Waals surface area contributed by atoms with Crippen LogP contribution in [-0.4, -0.2) is 28.9 Å².